The van der Waals surface area contributed by atoms with Crippen molar-refractivity contribution >= 4 is 17.7 Å². The van der Waals surface area contributed by atoms with E-state index in [4.69, 9.17) is 4.74 Å². The first-order valence-electron chi connectivity index (χ1n) is 5.32. The van der Waals surface area contributed by atoms with Crippen LogP contribution in [-0.2, 0) is 4.74 Å². The number of hydrogen-bond donors (Lipinski definition) is 0. The molecular weight excluding hydrogens is 218 g/mol. The largest absolute Gasteiger partial charge is 0.462 e. The molecule has 0 saturated carbocycles. The topological polar surface area (TPSA) is 56.5 Å². The van der Waals surface area contributed by atoms with Crippen molar-refractivity contribution < 1.29 is 9.53 Å². The van der Waals surface area contributed by atoms with Gasteiger partial charge in [-0.2, -0.15) is 5.10 Å². The molecule has 2 aromatic heterocycles. The fraction of sp³-hybridized carbons (Fsp3) is 0.250. The van der Waals surface area contributed by atoms with Gasteiger partial charge in [0.15, 0.2) is 5.65 Å². The van der Waals surface area contributed by atoms with Gasteiger partial charge in [0.2, 0.25) is 0 Å². The van der Waals surface area contributed by atoms with Crippen LogP contribution in [0.4, 0.5) is 0 Å². The van der Waals surface area contributed by atoms with Crippen molar-refractivity contribution in [2.75, 3.05) is 6.61 Å². The van der Waals surface area contributed by atoms with E-state index in [1.165, 1.54) is 6.20 Å². The Kier molecular flexibility index (Phi) is 2.91. The summed E-state index contributed by atoms with van der Waals surface area (Å²) in [4.78, 5) is 16.0. The summed E-state index contributed by atoms with van der Waals surface area (Å²) in [6.45, 7) is 7.65. The van der Waals surface area contributed by atoms with Crippen molar-refractivity contribution in [1.82, 2.24) is 14.6 Å². The van der Waals surface area contributed by atoms with E-state index in [1.807, 2.05) is 13.0 Å². The van der Waals surface area contributed by atoms with Crippen LogP contribution in [0.15, 0.2) is 18.8 Å². The molecule has 0 aliphatic rings. The Morgan fingerprint density at radius 2 is 2.41 bits per heavy atom. The number of nitrogens with zero attached hydrogens (tertiary/aromatic N) is 3. The summed E-state index contributed by atoms with van der Waals surface area (Å²) in [6, 6.07) is 1.85. The number of ether oxygens (including phenoxy) is 1. The lowest BCUT2D eigenvalue weighted by Crippen LogP contribution is -2.06. The monoisotopic (exact) mass is 231 g/mol. The van der Waals surface area contributed by atoms with Crippen molar-refractivity contribution in [3.8, 4) is 0 Å². The lowest BCUT2D eigenvalue weighted by molar-refractivity contribution is 0.0528. The summed E-state index contributed by atoms with van der Waals surface area (Å²) in [7, 11) is 0. The molecule has 0 aliphatic carbocycles. The molecule has 2 aromatic rings. The van der Waals surface area contributed by atoms with Gasteiger partial charge in [0.25, 0.3) is 0 Å². The summed E-state index contributed by atoms with van der Waals surface area (Å²) in [5.74, 6) is -0.407. The average molecular weight is 231 g/mol. The highest BCUT2D eigenvalue weighted by Gasteiger charge is 2.16. The smallest absolute Gasteiger partial charge is 0.343 e. The first kappa shape index (κ1) is 11.3. The minimum atomic E-state index is -0.407. The maximum Gasteiger partial charge on any atom is 0.343 e. The highest BCUT2D eigenvalue weighted by Crippen LogP contribution is 2.13. The average Bonchev–Trinajstić information content (AvgIpc) is 2.73. The van der Waals surface area contributed by atoms with E-state index in [0.29, 0.717) is 23.5 Å². The molecular formula is C12H13N3O2. The van der Waals surface area contributed by atoms with Gasteiger partial charge in [-0.1, -0.05) is 6.58 Å². The van der Waals surface area contributed by atoms with Crippen LogP contribution in [0.3, 0.4) is 0 Å². The minimum Gasteiger partial charge on any atom is -0.462 e. The molecule has 0 radical (unpaired) electrons. The van der Waals surface area contributed by atoms with Crippen molar-refractivity contribution in [1.29, 1.82) is 0 Å². The second kappa shape index (κ2) is 4.37. The Morgan fingerprint density at radius 1 is 1.65 bits per heavy atom. The van der Waals surface area contributed by atoms with E-state index in [9.17, 15) is 4.79 Å². The third kappa shape index (κ3) is 1.91. The molecule has 5 heteroatoms. The zero-order valence-electron chi connectivity index (χ0n) is 9.80. The molecule has 0 unspecified atom stereocenters. The van der Waals surface area contributed by atoms with E-state index in [0.717, 1.165) is 5.69 Å². The van der Waals surface area contributed by atoms with E-state index < -0.39 is 5.97 Å². The van der Waals surface area contributed by atoms with E-state index in [2.05, 4.69) is 16.7 Å². The van der Waals surface area contributed by atoms with Crippen molar-refractivity contribution in [2.24, 2.45) is 0 Å². The number of aryl methyl sites for hydroxylation is 1. The fourth-order valence-corrected chi connectivity index (χ4v) is 1.59. The number of carbonyl (C=O) groups excluding carboxylic acids is 1. The standard InChI is InChI=1S/C12H13N3O2/c1-4-9-6-8(3)15-11(14-9)10(7-13-15)12(16)17-5-2/h4,6-7H,1,5H2,2-3H3. The summed E-state index contributed by atoms with van der Waals surface area (Å²) in [5.41, 5.74) is 2.47. The lowest BCUT2D eigenvalue weighted by atomic mass is 10.3. The maximum absolute atomic E-state index is 11.7. The van der Waals surface area contributed by atoms with E-state index in [-0.39, 0.29) is 0 Å². The first-order valence-corrected chi connectivity index (χ1v) is 5.32. The van der Waals surface area contributed by atoms with Crippen LogP contribution in [0, 0.1) is 6.92 Å². The number of rotatable bonds is 3. The predicted molar refractivity (Wildman–Crippen MR) is 63.8 cm³/mol. The van der Waals surface area contributed by atoms with Gasteiger partial charge in [-0.15, -0.1) is 0 Å². The van der Waals surface area contributed by atoms with Crippen LogP contribution < -0.4 is 0 Å². The lowest BCUT2D eigenvalue weighted by Gasteiger charge is -2.02. The third-order valence-corrected chi connectivity index (χ3v) is 2.37. The minimum absolute atomic E-state index is 0.330. The van der Waals surface area contributed by atoms with E-state index in [1.54, 1.807) is 17.5 Å². The second-order valence-corrected chi connectivity index (χ2v) is 3.54. The Bertz CT molecular complexity index is 587. The molecule has 0 N–H and O–H groups in total. The molecule has 0 spiro atoms. The quantitative estimate of drug-likeness (QED) is 0.756. The molecule has 5 nitrogen and oxygen atoms in total. The molecule has 0 atom stereocenters. The molecule has 0 saturated heterocycles. The SMILES string of the molecule is C=Cc1cc(C)n2ncc(C(=O)OCC)c2n1. The number of hydrogen-bond acceptors (Lipinski definition) is 4. The molecule has 88 valence electrons. The van der Waals surface area contributed by atoms with Crippen LogP contribution in [0.5, 0.6) is 0 Å². The zero-order chi connectivity index (χ0) is 12.4. The number of carbonyl (C=O) groups is 1. The molecule has 2 heterocycles. The maximum atomic E-state index is 11.7. The predicted octanol–water partition coefficient (Wildman–Crippen LogP) is 1.86. The van der Waals surface area contributed by atoms with Crippen LogP contribution in [-0.4, -0.2) is 27.2 Å². The Labute approximate surface area is 98.7 Å². The molecule has 17 heavy (non-hydrogen) atoms. The molecule has 0 fully saturated rings. The summed E-state index contributed by atoms with van der Waals surface area (Å²) in [6.07, 6.45) is 3.11. The molecule has 2 rings (SSSR count). The molecule has 0 aromatic carbocycles. The van der Waals surface area contributed by atoms with Gasteiger partial charge >= 0.3 is 5.97 Å². The van der Waals surface area contributed by atoms with Gasteiger partial charge in [0, 0.05) is 5.69 Å². The fourth-order valence-electron chi connectivity index (χ4n) is 1.59. The summed E-state index contributed by atoms with van der Waals surface area (Å²) in [5, 5.41) is 4.12. The summed E-state index contributed by atoms with van der Waals surface area (Å²) < 4.78 is 6.56. The van der Waals surface area contributed by atoms with Gasteiger partial charge < -0.3 is 4.74 Å². The third-order valence-electron chi connectivity index (χ3n) is 2.37. The normalized spacial score (nSPS) is 10.5. The van der Waals surface area contributed by atoms with Crippen molar-refractivity contribution in [2.45, 2.75) is 13.8 Å². The molecule has 0 aliphatic heterocycles. The van der Waals surface area contributed by atoms with Gasteiger partial charge in [-0.3, -0.25) is 0 Å². The number of fused-ring (bicyclic) bond motifs is 1. The highest BCUT2D eigenvalue weighted by molar-refractivity contribution is 5.95. The van der Waals surface area contributed by atoms with Crippen LogP contribution in [0.25, 0.3) is 11.7 Å². The zero-order valence-corrected chi connectivity index (χ0v) is 9.80. The van der Waals surface area contributed by atoms with Crippen LogP contribution in [0.2, 0.25) is 0 Å². The van der Waals surface area contributed by atoms with Crippen LogP contribution in [0.1, 0.15) is 28.7 Å². The Balaban J connectivity index is 2.62. The van der Waals surface area contributed by atoms with Gasteiger partial charge in [-0.25, -0.2) is 14.3 Å². The molecule has 0 amide bonds. The highest BCUT2D eigenvalue weighted by atomic mass is 16.5. The summed E-state index contributed by atoms with van der Waals surface area (Å²) >= 11 is 0. The van der Waals surface area contributed by atoms with E-state index >= 15 is 0 Å². The van der Waals surface area contributed by atoms with Crippen molar-refractivity contribution in [3.05, 3.63) is 35.8 Å². The van der Waals surface area contributed by atoms with Gasteiger partial charge in [0.1, 0.15) is 5.56 Å². The number of esters is 1. The van der Waals surface area contributed by atoms with Gasteiger partial charge in [0.05, 0.1) is 18.5 Å². The van der Waals surface area contributed by atoms with Gasteiger partial charge in [-0.05, 0) is 26.0 Å². The second-order valence-electron chi connectivity index (χ2n) is 3.54. The van der Waals surface area contributed by atoms with Crippen molar-refractivity contribution in [3.63, 3.8) is 0 Å². The van der Waals surface area contributed by atoms with Crippen LogP contribution >= 0.6 is 0 Å². The Morgan fingerprint density at radius 3 is 3.06 bits per heavy atom. The first-order chi connectivity index (χ1) is 8.17. The Hall–Kier alpha value is -2.17. The molecule has 0 bridgehead atoms. The number of aromatic nitrogens is 3.